The van der Waals surface area contributed by atoms with Crippen LogP contribution in [0.3, 0.4) is 0 Å². The number of nitrogens with zero attached hydrogens (tertiary/aromatic N) is 1. The van der Waals surface area contributed by atoms with E-state index in [1.54, 1.807) is 0 Å². The van der Waals surface area contributed by atoms with Crippen LogP contribution in [0.5, 0.6) is 0 Å². The van der Waals surface area contributed by atoms with Crippen molar-refractivity contribution in [2.24, 2.45) is 17.8 Å². The lowest BCUT2D eigenvalue weighted by molar-refractivity contribution is 0.241. The predicted octanol–water partition coefficient (Wildman–Crippen LogP) is 2.35. The van der Waals surface area contributed by atoms with E-state index in [0.29, 0.717) is 0 Å². The fraction of sp³-hybridized carbons (Fsp3) is 1.00. The monoisotopic (exact) mass is 224 g/mol. The van der Waals surface area contributed by atoms with Crippen LogP contribution < -0.4 is 5.32 Å². The minimum Gasteiger partial charge on any atom is -0.315 e. The van der Waals surface area contributed by atoms with E-state index < -0.39 is 0 Å². The number of hydrogen-bond acceptors (Lipinski definition) is 2. The Hall–Kier alpha value is -0.0800. The highest BCUT2D eigenvalue weighted by Gasteiger charge is 2.30. The summed E-state index contributed by atoms with van der Waals surface area (Å²) in [5.41, 5.74) is 0. The molecule has 0 radical (unpaired) electrons. The smallest absolute Gasteiger partial charge is 0.0220 e. The van der Waals surface area contributed by atoms with E-state index in [9.17, 15) is 0 Å². The summed E-state index contributed by atoms with van der Waals surface area (Å²) in [5, 5.41) is 3.56. The summed E-state index contributed by atoms with van der Waals surface area (Å²) < 4.78 is 0. The molecular formula is C14H28N2. The SMILES string of the molecule is CNC(CN1CC(C)C(C)C1)C1CCCC1. The molecule has 0 amide bonds. The molecule has 1 N–H and O–H groups in total. The Bertz CT molecular complexity index is 201. The van der Waals surface area contributed by atoms with Gasteiger partial charge in [-0.1, -0.05) is 26.7 Å². The molecule has 0 aromatic heterocycles. The van der Waals surface area contributed by atoms with Crippen molar-refractivity contribution >= 4 is 0 Å². The van der Waals surface area contributed by atoms with Crippen LogP contribution in [0.15, 0.2) is 0 Å². The molecule has 0 spiro atoms. The molecular weight excluding hydrogens is 196 g/mol. The normalized spacial score (nSPS) is 34.7. The van der Waals surface area contributed by atoms with Crippen LogP contribution in [-0.2, 0) is 0 Å². The zero-order chi connectivity index (χ0) is 11.5. The van der Waals surface area contributed by atoms with E-state index in [1.807, 2.05) is 0 Å². The summed E-state index contributed by atoms with van der Waals surface area (Å²) in [6, 6.07) is 0.736. The maximum atomic E-state index is 3.56. The van der Waals surface area contributed by atoms with Crippen molar-refractivity contribution in [2.75, 3.05) is 26.7 Å². The van der Waals surface area contributed by atoms with Crippen LogP contribution in [0.25, 0.3) is 0 Å². The van der Waals surface area contributed by atoms with Crippen molar-refractivity contribution in [3.8, 4) is 0 Å². The molecule has 2 nitrogen and oxygen atoms in total. The summed E-state index contributed by atoms with van der Waals surface area (Å²) in [6.45, 7) is 8.69. The van der Waals surface area contributed by atoms with E-state index in [2.05, 4.69) is 31.1 Å². The third-order valence-corrected chi connectivity index (χ3v) is 4.86. The predicted molar refractivity (Wildman–Crippen MR) is 69.6 cm³/mol. The van der Waals surface area contributed by atoms with Gasteiger partial charge in [0.2, 0.25) is 0 Å². The Morgan fingerprint density at radius 1 is 1.12 bits per heavy atom. The molecule has 1 saturated carbocycles. The zero-order valence-corrected chi connectivity index (χ0v) is 11.2. The van der Waals surface area contributed by atoms with Gasteiger partial charge in [-0.15, -0.1) is 0 Å². The van der Waals surface area contributed by atoms with Gasteiger partial charge in [0.15, 0.2) is 0 Å². The van der Waals surface area contributed by atoms with Crippen LogP contribution in [0.2, 0.25) is 0 Å². The summed E-state index contributed by atoms with van der Waals surface area (Å²) in [6.07, 6.45) is 5.81. The van der Waals surface area contributed by atoms with Crippen LogP contribution in [0.1, 0.15) is 39.5 Å². The summed E-state index contributed by atoms with van der Waals surface area (Å²) in [7, 11) is 2.14. The molecule has 0 bridgehead atoms. The van der Waals surface area contributed by atoms with Crippen molar-refractivity contribution in [2.45, 2.75) is 45.6 Å². The summed E-state index contributed by atoms with van der Waals surface area (Å²) in [4.78, 5) is 2.68. The van der Waals surface area contributed by atoms with Crippen molar-refractivity contribution in [1.82, 2.24) is 10.2 Å². The highest BCUT2D eigenvalue weighted by Crippen LogP contribution is 2.29. The van der Waals surface area contributed by atoms with E-state index in [4.69, 9.17) is 0 Å². The second kappa shape index (κ2) is 5.50. The first-order valence-electron chi connectivity index (χ1n) is 7.10. The molecule has 1 saturated heterocycles. The summed E-state index contributed by atoms with van der Waals surface area (Å²) in [5.74, 6) is 2.72. The molecule has 0 aromatic carbocycles. The van der Waals surface area contributed by atoms with E-state index in [1.165, 1.54) is 45.3 Å². The fourth-order valence-electron chi connectivity index (χ4n) is 3.51. The van der Waals surface area contributed by atoms with E-state index in [0.717, 1.165) is 23.8 Å². The maximum absolute atomic E-state index is 3.56. The Morgan fingerprint density at radius 3 is 2.19 bits per heavy atom. The van der Waals surface area contributed by atoms with Crippen molar-refractivity contribution in [3.05, 3.63) is 0 Å². The number of hydrogen-bond donors (Lipinski definition) is 1. The van der Waals surface area contributed by atoms with Crippen molar-refractivity contribution < 1.29 is 0 Å². The molecule has 1 aliphatic carbocycles. The molecule has 2 heteroatoms. The standard InChI is InChI=1S/C14H28N2/c1-11-8-16(9-12(11)2)10-14(15-3)13-6-4-5-7-13/h11-15H,4-10H2,1-3H3. The lowest BCUT2D eigenvalue weighted by atomic mass is 9.98. The molecule has 94 valence electrons. The molecule has 16 heavy (non-hydrogen) atoms. The largest absolute Gasteiger partial charge is 0.315 e. The van der Waals surface area contributed by atoms with E-state index >= 15 is 0 Å². The molecule has 3 atom stereocenters. The first-order chi connectivity index (χ1) is 7.70. The third kappa shape index (κ3) is 2.78. The van der Waals surface area contributed by atoms with Crippen molar-refractivity contribution in [1.29, 1.82) is 0 Å². The van der Waals surface area contributed by atoms with Crippen LogP contribution in [0, 0.1) is 17.8 Å². The van der Waals surface area contributed by atoms with Gasteiger partial charge in [0, 0.05) is 25.7 Å². The van der Waals surface area contributed by atoms with Crippen LogP contribution in [0.4, 0.5) is 0 Å². The quantitative estimate of drug-likeness (QED) is 0.788. The zero-order valence-electron chi connectivity index (χ0n) is 11.2. The van der Waals surface area contributed by atoms with Gasteiger partial charge >= 0.3 is 0 Å². The highest BCUT2D eigenvalue weighted by atomic mass is 15.2. The van der Waals surface area contributed by atoms with Crippen LogP contribution >= 0.6 is 0 Å². The van der Waals surface area contributed by atoms with E-state index in [-0.39, 0.29) is 0 Å². The van der Waals surface area contributed by atoms with Gasteiger partial charge < -0.3 is 10.2 Å². The Balaban J connectivity index is 1.82. The average Bonchev–Trinajstić information content (AvgIpc) is 2.86. The molecule has 2 rings (SSSR count). The Labute approximate surface area is 101 Å². The number of likely N-dealkylation sites (tertiary alicyclic amines) is 1. The first kappa shape index (κ1) is 12.4. The number of likely N-dealkylation sites (N-methyl/N-ethyl adjacent to an activating group) is 1. The minimum atomic E-state index is 0.736. The Kier molecular flexibility index (Phi) is 4.26. The third-order valence-electron chi connectivity index (χ3n) is 4.86. The molecule has 0 aromatic rings. The topological polar surface area (TPSA) is 15.3 Å². The van der Waals surface area contributed by atoms with Gasteiger partial charge in [0.05, 0.1) is 0 Å². The highest BCUT2D eigenvalue weighted by molar-refractivity contribution is 4.86. The lowest BCUT2D eigenvalue weighted by Gasteiger charge is -2.28. The molecule has 2 aliphatic rings. The second-order valence-electron chi connectivity index (χ2n) is 6.11. The van der Waals surface area contributed by atoms with Gasteiger partial charge in [-0.3, -0.25) is 0 Å². The number of nitrogens with one attached hydrogen (secondary N) is 1. The first-order valence-corrected chi connectivity index (χ1v) is 7.10. The minimum absolute atomic E-state index is 0.736. The number of rotatable bonds is 4. The average molecular weight is 224 g/mol. The lowest BCUT2D eigenvalue weighted by Crippen LogP contribution is -2.42. The molecule has 1 heterocycles. The molecule has 2 fully saturated rings. The molecule has 1 aliphatic heterocycles. The second-order valence-corrected chi connectivity index (χ2v) is 6.11. The maximum Gasteiger partial charge on any atom is 0.0220 e. The molecule has 3 unspecified atom stereocenters. The van der Waals surface area contributed by atoms with Crippen molar-refractivity contribution in [3.63, 3.8) is 0 Å². The van der Waals surface area contributed by atoms with Gasteiger partial charge in [-0.05, 0) is 37.6 Å². The summed E-state index contributed by atoms with van der Waals surface area (Å²) >= 11 is 0. The van der Waals surface area contributed by atoms with Gasteiger partial charge in [-0.25, -0.2) is 0 Å². The van der Waals surface area contributed by atoms with Gasteiger partial charge in [-0.2, -0.15) is 0 Å². The van der Waals surface area contributed by atoms with Gasteiger partial charge in [0.1, 0.15) is 0 Å². The Morgan fingerprint density at radius 2 is 1.69 bits per heavy atom. The van der Waals surface area contributed by atoms with Gasteiger partial charge in [0.25, 0.3) is 0 Å². The van der Waals surface area contributed by atoms with Crippen LogP contribution in [-0.4, -0.2) is 37.6 Å². The fourth-order valence-corrected chi connectivity index (χ4v) is 3.51.